The van der Waals surface area contributed by atoms with E-state index in [1.807, 2.05) is 0 Å². The van der Waals surface area contributed by atoms with Crippen LogP contribution in [0.15, 0.2) is 12.2 Å². The van der Waals surface area contributed by atoms with Crippen molar-refractivity contribution in [2.75, 3.05) is 6.61 Å². The summed E-state index contributed by atoms with van der Waals surface area (Å²) in [6.07, 6.45) is -1.76. The summed E-state index contributed by atoms with van der Waals surface area (Å²) in [6, 6.07) is 0. The predicted molar refractivity (Wildman–Crippen MR) is 42.3 cm³/mol. The molecule has 0 spiro atoms. The number of ether oxygens (including phenoxy) is 2. The van der Waals surface area contributed by atoms with Gasteiger partial charge in [-0.15, -0.1) is 0 Å². The van der Waals surface area contributed by atoms with Crippen molar-refractivity contribution in [1.82, 2.24) is 0 Å². The molecule has 70 valence electrons. The Morgan fingerprint density at radius 1 is 1.75 bits per heavy atom. The summed E-state index contributed by atoms with van der Waals surface area (Å²) >= 11 is 0. The maximum atomic E-state index is 9.22. The monoisotopic (exact) mass is 174 g/mol. The lowest BCUT2D eigenvalue weighted by molar-refractivity contribution is -0.179. The van der Waals surface area contributed by atoms with E-state index in [1.54, 1.807) is 6.92 Å². The second-order valence-electron chi connectivity index (χ2n) is 2.92. The molecule has 1 aliphatic rings. The molecule has 3 unspecified atom stereocenters. The van der Waals surface area contributed by atoms with Gasteiger partial charge in [0.05, 0.1) is 6.61 Å². The van der Waals surface area contributed by atoms with Gasteiger partial charge in [0.25, 0.3) is 0 Å². The average Bonchev–Trinajstić information content (AvgIpc) is 2.36. The molecule has 3 atom stereocenters. The van der Waals surface area contributed by atoms with E-state index in [0.29, 0.717) is 18.6 Å². The second-order valence-corrected chi connectivity index (χ2v) is 2.92. The standard InChI is InChI=1S/C8H14O4/c1-5(2)7(9)12-6-3-4-11-8(6)10/h6-10H,1,3-4H2,2H3. The normalized spacial score (nSPS) is 31.9. The van der Waals surface area contributed by atoms with Gasteiger partial charge in [0, 0.05) is 6.42 Å². The number of hydrogen-bond donors (Lipinski definition) is 2. The smallest absolute Gasteiger partial charge is 0.181 e. The Morgan fingerprint density at radius 3 is 2.83 bits per heavy atom. The van der Waals surface area contributed by atoms with E-state index in [-0.39, 0.29) is 0 Å². The van der Waals surface area contributed by atoms with Crippen LogP contribution in [-0.2, 0) is 9.47 Å². The van der Waals surface area contributed by atoms with Gasteiger partial charge in [-0.3, -0.25) is 0 Å². The molecule has 0 bridgehead atoms. The van der Waals surface area contributed by atoms with E-state index >= 15 is 0 Å². The highest BCUT2D eigenvalue weighted by atomic mass is 16.7. The second kappa shape index (κ2) is 4.00. The third-order valence-electron chi connectivity index (χ3n) is 1.73. The first-order valence-electron chi connectivity index (χ1n) is 3.90. The summed E-state index contributed by atoms with van der Waals surface area (Å²) < 4.78 is 9.90. The first-order chi connectivity index (χ1) is 5.61. The van der Waals surface area contributed by atoms with E-state index in [2.05, 4.69) is 6.58 Å². The summed E-state index contributed by atoms with van der Waals surface area (Å²) in [4.78, 5) is 0. The van der Waals surface area contributed by atoms with Crippen LogP contribution in [0.5, 0.6) is 0 Å². The van der Waals surface area contributed by atoms with Crippen LogP contribution in [0.1, 0.15) is 13.3 Å². The zero-order chi connectivity index (χ0) is 9.14. The molecule has 1 aliphatic heterocycles. The number of rotatable bonds is 3. The third kappa shape index (κ3) is 2.28. The lowest BCUT2D eigenvalue weighted by Gasteiger charge is -2.18. The Morgan fingerprint density at radius 2 is 2.42 bits per heavy atom. The highest BCUT2D eigenvalue weighted by molar-refractivity contribution is 4.92. The van der Waals surface area contributed by atoms with Crippen molar-refractivity contribution >= 4 is 0 Å². The summed E-state index contributed by atoms with van der Waals surface area (Å²) in [6.45, 7) is 5.65. The van der Waals surface area contributed by atoms with Crippen LogP contribution in [0.2, 0.25) is 0 Å². The Kier molecular flexibility index (Phi) is 3.22. The van der Waals surface area contributed by atoms with E-state index in [9.17, 15) is 5.11 Å². The minimum atomic E-state index is -1.01. The minimum absolute atomic E-state index is 0.434. The summed E-state index contributed by atoms with van der Waals surface area (Å²) in [7, 11) is 0. The van der Waals surface area contributed by atoms with Crippen molar-refractivity contribution in [2.24, 2.45) is 0 Å². The lowest BCUT2D eigenvalue weighted by atomic mass is 10.3. The van der Waals surface area contributed by atoms with Crippen molar-refractivity contribution in [3.8, 4) is 0 Å². The van der Waals surface area contributed by atoms with Gasteiger partial charge in [0.15, 0.2) is 12.6 Å². The van der Waals surface area contributed by atoms with E-state index in [0.717, 1.165) is 0 Å². The van der Waals surface area contributed by atoms with Gasteiger partial charge < -0.3 is 19.7 Å². The van der Waals surface area contributed by atoms with Crippen LogP contribution in [0, 0.1) is 0 Å². The molecular weight excluding hydrogens is 160 g/mol. The highest BCUT2D eigenvalue weighted by Crippen LogP contribution is 2.17. The van der Waals surface area contributed by atoms with Gasteiger partial charge >= 0.3 is 0 Å². The van der Waals surface area contributed by atoms with Gasteiger partial charge in [-0.1, -0.05) is 6.58 Å². The molecule has 0 amide bonds. The fraction of sp³-hybridized carbons (Fsp3) is 0.750. The van der Waals surface area contributed by atoms with Crippen molar-refractivity contribution in [3.63, 3.8) is 0 Å². The van der Waals surface area contributed by atoms with Crippen LogP contribution in [0.25, 0.3) is 0 Å². The van der Waals surface area contributed by atoms with Crippen LogP contribution < -0.4 is 0 Å². The molecule has 2 N–H and O–H groups in total. The van der Waals surface area contributed by atoms with Crippen LogP contribution in [0.4, 0.5) is 0 Å². The quantitative estimate of drug-likeness (QED) is 0.467. The maximum absolute atomic E-state index is 9.22. The Balaban J connectivity index is 2.35. The molecule has 4 nitrogen and oxygen atoms in total. The third-order valence-corrected chi connectivity index (χ3v) is 1.73. The fourth-order valence-electron chi connectivity index (χ4n) is 0.972. The Hall–Kier alpha value is -0.420. The molecule has 12 heavy (non-hydrogen) atoms. The first kappa shape index (κ1) is 9.67. The zero-order valence-corrected chi connectivity index (χ0v) is 7.06. The topological polar surface area (TPSA) is 58.9 Å². The molecule has 0 aromatic heterocycles. The van der Waals surface area contributed by atoms with Gasteiger partial charge in [0.2, 0.25) is 0 Å². The van der Waals surface area contributed by atoms with Crippen molar-refractivity contribution < 1.29 is 19.7 Å². The van der Waals surface area contributed by atoms with E-state index < -0.39 is 18.7 Å². The van der Waals surface area contributed by atoms with Crippen LogP contribution in [-0.4, -0.2) is 35.5 Å². The Labute approximate surface area is 71.4 Å². The largest absolute Gasteiger partial charge is 0.366 e. The first-order valence-corrected chi connectivity index (χ1v) is 3.90. The number of aliphatic hydroxyl groups is 2. The molecule has 0 aromatic rings. The number of hydrogen-bond acceptors (Lipinski definition) is 4. The lowest BCUT2D eigenvalue weighted by Crippen LogP contribution is -2.29. The minimum Gasteiger partial charge on any atom is -0.366 e. The predicted octanol–water partition coefficient (Wildman–Crippen LogP) is 0.00480. The van der Waals surface area contributed by atoms with E-state index in [1.165, 1.54) is 0 Å². The molecule has 1 heterocycles. The van der Waals surface area contributed by atoms with Crippen LogP contribution >= 0.6 is 0 Å². The highest BCUT2D eigenvalue weighted by Gasteiger charge is 2.29. The summed E-state index contributed by atoms with van der Waals surface area (Å²) in [5.41, 5.74) is 0.522. The maximum Gasteiger partial charge on any atom is 0.181 e. The van der Waals surface area contributed by atoms with Crippen LogP contribution in [0.3, 0.4) is 0 Å². The summed E-state index contributed by atoms with van der Waals surface area (Å²) in [5.74, 6) is 0. The molecule has 0 aromatic carbocycles. The SMILES string of the molecule is C=C(C)C(O)OC1CCOC1O. The molecule has 0 aliphatic carbocycles. The van der Waals surface area contributed by atoms with Crippen molar-refractivity contribution in [3.05, 3.63) is 12.2 Å². The van der Waals surface area contributed by atoms with Crippen molar-refractivity contribution in [1.29, 1.82) is 0 Å². The van der Waals surface area contributed by atoms with Gasteiger partial charge in [-0.25, -0.2) is 0 Å². The Bertz CT molecular complexity index is 168. The van der Waals surface area contributed by atoms with E-state index in [4.69, 9.17) is 14.6 Å². The van der Waals surface area contributed by atoms with Gasteiger partial charge in [0.1, 0.15) is 6.10 Å². The molecule has 1 fully saturated rings. The average molecular weight is 174 g/mol. The summed E-state index contributed by atoms with van der Waals surface area (Å²) in [5, 5.41) is 18.3. The molecule has 4 heteroatoms. The number of aliphatic hydroxyl groups excluding tert-OH is 2. The van der Waals surface area contributed by atoms with Gasteiger partial charge in [-0.2, -0.15) is 0 Å². The van der Waals surface area contributed by atoms with Gasteiger partial charge in [-0.05, 0) is 12.5 Å². The zero-order valence-electron chi connectivity index (χ0n) is 7.06. The molecule has 1 saturated heterocycles. The molecule has 0 radical (unpaired) electrons. The molecular formula is C8H14O4. The van der Waals surface area contributed by atoms with Crippen molar-refractivity contribution in [2.45, 2.75) is 32.0 Å². The molecule has 0 saturated carbocycles. The fourth-order valence-corrected chi connectivity index (χ4v) is 0.972. The molecule has 1 rings (SSSR count).